The summed E-state index contributed by atoms with van der Waals surface area (Å²) < 4.78 is 0. The monoisotopic (exact) mass is 410 g/mol. The van der Waals surface area contributed by atoms with Gasteiger partial charge in [-0.1, -0.05) is 6.07 Å². The number of thiophene rings is 1. The first-order valence-electron chi connectivity index (χ1n) is 9.03. The van der Waals surface area contributed by atoms with Crippen LogP contribution in [-0.4, -0.2) is 32.5 Å². The average Bonchev–Trinajstić information content (AvgIpc) is 3.11. The minimum atomic E-state index is -0.959. The molecule has 0 fully saturated rings. The first-order valence-corrected chi connectivity index (χ1v) is 9.85. The fourth-order valence-corrected chi connectivity index (χ4v) is 3.64. The van der Waals surface area contributed by atoms with Crippen molar-refractivity contribution in [1.29, 1.82) is 0 Å². The van der Waals surface area contributed by atoms with Crippen LogP contribution < -0.4 is 10.6 Å². The van der Waals surface area contributed by atoms with Crippen LogP contribution in [0.3, 0.4) is 0 Å². The number of pyridine rings is 2. The summed E-state index contributed by atoms with van der Waals surface area (Å²) >= 11 is 1.31. The van der Waals surface area contributed by atoms with E-state index in [1.165, 1.54) is 11.3 Å². The summed E-state index contributed by atoms with van der Waals surface area (Å²) in [7, 11) is 0. The Labute approximate surface area is 172 Å². The summed E-state index contributed by atoms with van der Waals surface area (Å²) in [4.78, 5) is 33.6. The number of rotatable bonds is 7. The van der Waals surface area contributed by atoms with E-state index in [0.717, 1.165) is 16.1 Å². The fraction of sp³-hybridized carbons (Fsp3) is 0.238. The third-order valence-corrected chi connectivity index (χ3v) is 5.15. The normalized spacial score (nSPS) is 11.1. The molecule has 0 atom stereocenters. The minimum absolute atomic E-state index is 0.154. The Hall–Kier alpha value is -3.26. The molecule has 3 aromatic rings. The second-order valence-corrected chi connectivity index (χ2v) is 8.41. The van der Waals surface area contributed by atoms with E-state index in [4.69, 9.17) is 5.11 Å². The number of hydrogen-bond donors (Lipinski definition) is 3. The first kappa shape index (κ1) is 20.5. The Morgan fingerprint density at radius 1 is 1.14 bits per heavy atom. The maximum absolute atomic E-state index is 12.5. The highest BCUT2D eigenvalue weighted by molar-refractivity contribution is 7.17. The van der Waals surface area contributed by atoms with Gasteiger partial charge in [-0.3, -0.25) is 9.59 Å². The molecule has 3 heterocycles. The molecule has 0 saturated heterocycles. The molecule has 0 unspecified atom stereocenters. The van der Waals surface area contributed by atoms with Gasteiger partial charge in [0, 0.05) is 11.7 Å². The molecule has 3 aromatic heterocycles. The van der Waals surface area contributed by atoms with Crippen LogP contribution in [0.1, 0.15) is 35.5 Å². The highest BCUT2D eigenvalue weighted by Crippen LogP contribution is 2.28. The third kappa shape index (κ3) is 5.61. The SMILES string of the molecule is Cc1ccnc(Nc2cccc(-c3ccc(C(=O)NC(C)(C)CC(=O)O)s3)n2)c1. The number of carbonyl (C=O) groups is 2. The number of aromatic nitrogens is 2. The number of aliphatic carboxylic acids is 1. The summed E-state index contributed by atoms with van der Waals surface area (Å²) in [6.45, 7) is 5.36. The molecule has 0 spiro atoms. The van der Waals surface area contributed by atoms with E-state index >= 15 is 0 Å². The van der Waals surface area contributed by atoms with E-state index in [1.54, 1.807) is 26.1 Å². The molecule has 8 heteroatoms. The van der Waals surface area contributed by atoms with Crippen molar-refractivity contribution in [3.05, 3.63) is 59.1 Å². The maximum Gasteiger partial charge on any atom is 0.305 e. The van der Waals surface area contributed by atoms with Crippen LogP contribution in [0.25, 0.3) is 10.6 Å². The predicted molar refractivity (Wildman–Crippen MR) is 114 cm³/mol. The zero-order valence-corrected chi connectivity index (χ0v) is 17.2. The van der Waals surface area contributed by atoms with Crippen molar-refractivity contribution in [2.75, 3.05) is 5.32 Å². The lowest BCUT2D eigenvalue weighted by Crippen LogP contribution is -2.44. The molecule has 0 aliphatic rings. The third-order valence-electron chi connectivity index (χ3n) is 4.05. The molecular formula is C21H22N4O3S. The average molecular weight is 410 g/mol. The Bertz CT molecular complexity index is 1050. The van der Waals surface area contributed by atoms with Gasteiger partial charge in [-0.25, -0.2) is 9.97 Å². The molecule has 3 N–H and O–H groups in total. The van der Waals surface area contributed by atoms with Crippen LogP contribution in [-0.2, 0) is 4.79 Å². The van der Waals surface area contributed by atoms with Crippen LogP contribution in [0.4, 0.5) is 11.6 Å². The van der Waals surface area contributed by atoms with E-state index in [0.29, 0.717) is 16.5 Å². The maximum atomic E-state index is 12.5. The molecule has 29 heavy (non-hydrogen) atoms. The standard InChI is InChI=1S/C21H22N4O3S/c1-13-9-10-22-18(11-13)24-17-6-4-5-14(23-17)15-7-8-16(29-15)20(28)25-21(2,3)12-19(26)27/h4-11H,12H2,1-3H3,(H,25,28)(H,26,27)(H,22,23,24). The van der Waals surface area contributed by atoms with Gasteiger partial charge in [0.2, 0.25) is 0 Å². The van der Waals surface area contributed by atoms with Crippen LogP contribution in [0, 0.1) is 6.92 Å². The van der Waals surface area contributed by atoms with E-state index in [-0.39, 0.29) is 12.3 Å². The largest absolute Gasteiger partial charge is 0.481 e. The second kappa shape index (κ2) is 8.40. The molecule has 0 radical (unpaired) electrons. The van der Waals surface area contributed by atoms with Crippen molar-refractivity contribution in [2.45, 2.75) is 32.7 Å². The molecule has 0 aromatic carbocycles. The summed E-state index contributed by atoms with van der Waals surface area (Å²) in [6, 6.07) is 13.0. The van der Waals surface area contributed by atoms with Crippen LogP contribution in [0.2, 0.25) is 0 Å². The molecule has 0 aliphatic carbocycles. The lowest BCUT2D eigenvalue weighted by Gasteiger charge is -2.23. The lowest BCUT2D eigenvalue weighted by molar-refractivity contribution is -0.138. The Kier molecular flexibility index (Phi) is 5.93. The summed E-state index contributed by atoms with van der Waals surface area (Å²) in [6.07, 6.45) is 1.58. The quantitative estimate of drug-likeness (QED) is 0.538. The Morgan fingerprint density at radius 3 is 2.66 bits per heavy atom. The molecule has 0 aliphatic heterocycles. The van der Waals surface area contributed by atoms with Crippen molar-refractivity contribution in [3.8, 4) is 10.6 Å². The van der Waals surface area contributed by atoms with Gasteiger partial charge in [-0.15, -0.1) is 11.3 Å². The Morgan fingerprint density at radius 2 is 1.93 bits per heavy atom. The number of hydrogen-bond acceptors (Lipinski definition) is 6. The fourth-order valence-electron chi connectivity index (χ4n) is 2.77. The number of carbonyl (C=O) groups excluding carboxylic acids is 1. The van der Waals surface area contributed by atoms with Crippen molar-refractivity contribution in [3.63, 3.8) is 0 Å². The summed E-state index contributed by atoms with van der Waals surface area (Å²) in [5, 5.41) is 14.9. The molecule has 0 saturated carbocycles. The predicted octanol–water partition coefficient (Wildman–Crippen LogP) is 4.24. The molecular weight excluding hydrogens is 388 g/mol. The van der Waals surface area contributed by atoms with Gasteiger partial charge in [-0.05, 0) is 62.7 Å². The highest BCUT2D eigenvalue weighted by atomic mass is 32.1. The van der Waals surface area contributed by atoms with E-state index in [1.807, 2.05) is 43.3 Å². The molecule has 1 amide bonds. The number of nitrogens with one attached hydrogen (secondary N) is 2. The zero-order chi connectivity index (χ0) is 21.0. The second-order valence-electron chi connectivity index (χ2n) is 7.32. The molecule has 7 nitrogen and oxygen atoms in total. The topological polar surface area (TPSA) is 104 Å². The van der Waals surface area contributed by atoms with Crippen molar-refractivity contribution in [1.82, 2.24) is 15.3 Å². The summed E-state index contributed by atoms with van der Waals surface area (Å²) in [5.41, 5.74) is 0.991. The zero-order valence-electron chi connectivity index (χ0n) is 16.4. The van der Waals surface area contributed by atoms with Crippen molar-refractivity contribution >= 4 is 34.8 Å². The number of carboxylic acid groups (broad SMARTS) is 1. The van der Waals surface area contributed by atoms with Crippen LogP contribution in [0.5, 0.6) is 0 Å². The van der Waals surface area contributed by atoms with Gasteiger partial charge >= 0.3 is 5.97 Å². The highest BCUT2D eigenvalue weighted by Gasteiger charge is 2.25. The lowest BCUT2D eigenvalue weighted by atomic mass is 10.0. The number of anilines is 2. The smallest absolute Gasteiger partial charge is 0.305 e. The van der Waals surface area contributed by atoms with Crippen molar-refractivity contribution < 1.29 is 14.7 Å². The molecule has 3 rings (SSSR count). The van der Waals surface area contributed by atoms with Gasteiger partial charge in [0.05, 0.1) is 21.9 Å². The molecule has 0 bridgehead atoms. The van der Waals surface area contributed by atoms with Crippen molar-refractivity contribution in [2.24, 2.45) is 0 Å². The van der Waals surface area contributed by atoms with Gasteiger partial charge in [-0.2, -0.15) is 0 Å². The van der Waals surface area contributed by atoms with E-state index in [9.17, 15) is 9.59 Å². The number of aryl methyl sites for hydroxylation is 1. The van der Waals surface area contributed by atoms with E-state index < -0.39 is 11.5 Å². The first-order chi connectivity index (χ1) is 13.7. The number of amides is 1. The summed E-state index contributed by atoms with van der Waals surface area (Å²) in [5.74, 6) is 0.105. The molecule has 150 valence electrons. The van der Waals surface area contributed by atoms with Gasteiger partial charge in [0.25, 0.3) is 5.91 Å². The van der Waals surface area contributed by atoms with Gasteiger partial charge < -0.3 is 15.7 Å². The Balaban J connectivity index is 1.75. The van der Waals surface area contributed by atoms with Gasteiger partial charge in [0.1, 0.15) is 11.6 Å². The number of carboxylic acids is 1. The van der Waals surface area contributed by atoms with Crippen LogP contribution >= 0.6 is 11.3 Å². The number of nitrogens with zero attached hydrogens (tertiary/aromatic N) is 2. The van der Waals surface area contributed by atoms with Gasteiger partial charge in [0.15, 0.2) is 0 Å². The minimum Gasteiger partial charge on any atom is -0.481 e. The van der Waals surface area contributed by atoms with Crippen LogP contribution in [0.15, 0.2) is 48.7 Å². The van der Waals surface area contributed by atoms with E-state index in [2.05, 4.69) is 20.6 Å².